The zero-order chi connectivity index (χ0) is 12.6. The summed E-state index contributed by atoms with van der Waals surface area (Å²) in [5.74, 6) is -0.599. The Morgan fingerprint density at radius 2 is 2.29 bits per heavy atom. The molecule has 6 heteroatoms. The molecule has 2 rings (SSSR count). The maximum Gasteiger partial charge on any atom is 0.360 e. The van der Waals surface area contributed by atoms with Crippen LogP contribution in [-0.4, -0.2) is 28.5 Å². The Kier molecular flexibility index (Phi) is 3.12. The monoisotopic (exact) mass is 260 g/mol. The molecule has 4 nitrogen and oxygen atoms in total. The van der Waals surface area contributed by atoms with Crippen LogP contribution in [0.25, 0.3) is 0 Å². The van der Waals surface area contributed by atoms with E-state index in [2.05, 4.69) is 9.84 Å². The fourth-order valence-electron chi connectivity index (χ4n) is 1.89. The Balaban J connectivity index is 2.26. The number of rotatable bonds is 3. The zero-order valence-electron chi connectivity index (χ0n) is 9.80. The van der Waals surface area contributed by atoms with E-state index in [0.717, 1.165) is 6.42 Å². The molecule has 1 aliphatic carbocycles. The van der Waals surface area contributed by atoms with Crippen LogP contribution in [-0.2, 0) is 11.3 Å². The second kappa shape index (κ2) is 4.29. The van der Waals surface area contributed by atoms with E-state index in [1.165, 1.54) is 11.8 Å². The van der Waals surface area contributed by atoms with Gasteiger partial charge in [-0.1, -0.05) is 11.6 Å². The number of hydrogen-bond donors (Lipinski definition) is 0. The van der Waals surface area contributed by atoms with E-state index in [4.69, 9.17) is 11.6 Å². The van der Waals surface area contributed by atoms with Gasteiger partial charge in [0.2, 0.25) is 0 Å². The van der Waals surface area contributed by atoms with Crippen molar-refractivity contribution in [2.24, 2.45) is 0 Å². The van der Waals surface area contributed by atoms with Crippen LogP contribution in [0.1, 0.15) is 35.4 Å². The summed E-state index contributed by atoms with van der Waals surface area (Å²) in [6.07, 6.45) is 1.98. The quantitative estimate of drug-likeness (QED) is 0.785. The minimum absolute atomic E-state index is 0.0505. The van der Waals surface area contributed by atoms with Crippen LogP contribution in [0.2, 0.25) is 5.02 Å². The molecule has 1 aromatic heterocycles. The highest BCUT2D eigenvalue weighted by Crippen LogP contribution is 2.37. The molecule has 0 atom stereocenters. The first-order valence-electron chi connectivity index (χ1n) is 5.47. The number of carbonyl (C=O) groups is 1. The summed E-state index contributed by atoms with van der Waals surface area (Å²) in [7, 11) is 1.26. The van der Waals surface area contributed by atoms with Gasteiger partial charge in [0, 0.05) is 0 Å². The molecular formula is C11H14ClFN2O2. The van der Waals surface area contributed by atoms with E-state index < -0.39 is 11.6 Å². The summed E-state index contributed by atoms with van der Waals surface area (Å²) >= 11 is 5.97. The Morgan fingerprint density at radius 1 is 1.65 bits per heavy atom. The number of methoxy groups -OCH3 is 1. The number of aromatic nitrogens is 2. The molecule has 0 bridgehead atoms. The lowest BCUT2D eigenvalue weighted by Gasteiger charge is -2.33. The van der Waals surface area contributed by atoms with Crippen molar-refractivity contribution in [1.82, 2.24) is 9.78 Å². The highest BCUT2D eigenvalue weighted by atomic mass is 35.5. The van der Waals surface area contributed by atoms with Crippen LogP contribution in [0.4, 0.5) is 4.39 Å². The van der Waals surface area contributed by atoms with Crippen LogP contribution >= 0.6 is 11.6 Å². The van der Waals surface area contributed by atoms with Gasteiger partial charge in [-0.05, 0) is 26.2 Å². The third kappa shape index (κ3) is 2.16. The molecule has 0 aliphatic heterocycles. The molecule has 0 spiro atoms. The largest absolute Gasteiger partial charge is 0.464 e. The lowest BCUT2D eigenvalue weighted by molar-refractivity contribution is 0.0390. The molecule has 0 amide bonds. The second-order valence-corrected chi connectivity index (χ2v) is 4.78. The summed E-state index contributed by atoms with van der Waals surface area (Å²) < 4.78 is 20.0. The average molecular weight is 261 g/mol. The summed E-state index contributed by atoms with van der Waals surface area (Å²) in [6.45, 7) is 1.86. The van der Waals surface area contributed by atoms with Gasteiger partial charge in [0.25, 0.3) is 0 Å². The third-order valence-corrected chi connectivity index (χ3v) is 3.65. The van der Waals surface area contributed by atoms with Crippen molar-refractivity contribution in [3.63, 3.8) is 0 Å². The fraction of sp³-hybridized carbons (Fsp3) is 0.636. The van der Waals surface area contributed by atoms with Crippen LogP contribution in [0.3, 0.4) is 0 Å². The number of ether oxygens (including phenoxy) is 1. The van der Waals surface area contributed by atoms with Gasteiger partial charge in [-0.15, -0.1) is 0 Å². The Morgan fingerprint density at radius 3 is 2.76 bits per heavy atom. The smallest absolute Gasteiger partial charge is 0.360 e. The first-order chi connectivity index (χ1) is 7.97. The van der Waals surface area contributed by atoms with E-state index in [1.54, 1.807) is 6.92 Å². The van der Waals surface area contributed by atoms with E-state index in [0.29, 0.717) is 18.5 Å². The van der Waals surface area contributed by atoms with Crippen molar-refractivity contribution in [3.05, 3.63) is 16.4 Å². The Labute approximate surface area is 104 Å². The maximum atomic E-state index is 14.0. The molecule has 1 aromatic rings. The van der Waals surface area contributed by atoms with Crippen LogP contribution in [0.5, 0.6) is 0 Å². The molecule has 0 N–H and O–H groups in total. The van der Waals surface area contributed by atoms with Crippen molar-refractivity contribution < 1.29 is 13.9 Å². The standard InChI is InChI=1S/C11H14ClFN2O2/c1-7-8(12)9(10(16)17-2)14-15(7)6-11(13)4-3-5-11/h3-6H2,1-2H3. The van der Waals surface area contributed by atoms with E-state index in [9.17, 15) is 9.18 Å². The van der Waals surface area contributed by atoms with Gasteiger partial charge in [-0.2, -0.15) is 5.10 Å². The van der Waals surface area contributed by atoms with Gasteiger partial charge in [0.05, 0.1) is 24.4 Å². The van der Waals surface area contributed by atoms with Gasteiger partial charge < -0.3 is 4.74 Å². The molecule has 0 unspecified atom stereocenters. The maximum absolute atomic E-state index is 14.0. The Bertz CT molecular complexity index is 455. The highest BCUT2D eigenvalue weighted by Gasteiger charge is 2.38. The number of halogens is 2. The SMILES string of the molecule is COC(=O)c1nn(CC2(F)CCC2)c(C)c1Cl. The topological polar surface area (TPSA) is 44.1 Å². The predicted octanol–water partition coefficient (Wildman–Crippen LogP) is 2.52. The van der Waals surface area contributed by atoms with Gasteiger partial charge in [0.1, 0.15) is 5.67 Å². The second-order valence-electron chi connectivity index (χ2n) is 4.40. The van der Waals surface area contributed by atoms with E-state index in [-0.39, 0.29) is 17.3 Å². The molecule has 1 heterocycles. The van der Waals surface area contributed by atoms with Crippen molar-refractivity contribution in [2.75, 3.05) is 7.11 Å². The molecule has 17 heavy (non-hydrogen) atoms. The molecule has 1 fully saturated rings. The van der Waals surface area contributed by atoms with Crippen LogP contribution in [0.15, 0.2) is 0 Å². The molecule has 1 saturated carbocycles. The normalized spacial score (nSPS) is 17.6. The van der Waals surface area contributed by atoms with Gasteiger partial charge in [0.15, 0.2) is 5.69 Å². The summed E-state index contributed by atoms with van der Waals surface area (Å²) in [5, 5.41) is 4.25. The highest BCUT2D eigenvalue weighted by molar-refractivity contribution is 6.33. The van der Waals surface area contributed by atoms with Gasteiger partial charge in [-0.25, -0.2) is 9.18 Å². The number of hydrogen-bond acceptors (Lipinski definition) is 3. The first-order valence-corrected chi connectivity index (χ1v) is 5.85. The molecule has 0 saturated heterocycles. The molecule has 0 radical (unpaired) electrons. The van der Waals surface area contributed by atoms with E-state index >= 15 is 0 Å². The Hall–Kier alpha value is -1.10. The van der Waals surface area contributed by atoms with E-state index in [1.807, 2.05) is 0 Å². The van der Waals surface area contributed by atoms with Crippen molar-refractivity contribution in [2.45, 2.75) is 38.4 Å². The minimum Gasteiger partial charge on any atom is -0.464 e. The van der Waals surface area contributed by atoms with Crippen molar-refractivity contribution in [3.8, 4) is 0 Å². The molecule has 1 aliphatic rings. The van der Waals surface area contributed by atoms with Gasteiger partial charge >= 0.3 is 5.97 Å². The number of nitrogens with zero attached hydrogens (tertiary/aromatic N) is 2. The third-order valence-electron chi connectivity index (χ3n) is 3.19. The summed E-state index contributed by atoms with van der Waals surface area (Å²) in [5.41, 5.74) is -0.557. The lowest BCUT2D eigenvalue weighted by atomic mass is 9.82. The molecule has 0 aromatic carbocycles. The number of carbonyl (C=O) groups excluding carboxylic acids is 1. The number of esters is 1. The molecular weight excluding hydrogens is 247 g/mol. The fourth-order valence-corrected chi connectivity index (χ4v) is 2.10. The first kappa shape index (κ1) is 12.4. The number of alkyl halides is 1. The lowest BCUT2D eigenvalue weighted by Crippen LogP contribution is -2.37. The zero-order valence-corrected chi connectivity index (χ0v) is 10.6. The van der Waals surface area contributed by atoms with Crippen LogP contribution in [0, 0.1) is 6.92 Å². The van der Waals surface area contributed by atoms with Crippen molar-refractivity contribution >= 4 is 17.6 Å². The van der Waals surface area contributed by atoms with Crippen molar-refractivity contribution in [1.29, 1.82) is 0 Å². The van der Waals surface area contributed by atoms with Crippen LogP contribution < -0.4 is 0 Å². The predicted molar refractivity (Wildman–Crippen MR) is 61.0 cm³/mol. The average Bonchev–Trinajstić information content (AvgIpc) is 2.54. The summed E-state index contributed by atoms with van der Waals surface area (Å²) in [4.78, 5) is 11.4. The summed E-state index contributed by atoms with van der Waals surface area (Å²) in [6, 6.07) is 0. The molecule has 94 valence electrons. The minimum atomic E-state index is -1.20. The van der Waals surface area contributed by atoms with Gasteiger partial charge in [-0.3, -0.25) is 4.68 Å².